The SMILES string of the molecule is Cc1cc(Br)ccc1NC(=O)C1CCN(S(=O)(=O)c2c(C)noc2C)CC1. The topological polar surface area (TPSA) is 92.5 Å². The molecule has 1 fully saturated rings. The molecule has 9 heteroatoms. The number of hydrogen-bond donors (Lipinski definition) is 1. The van der Waals surface area contributed by atoms with Crippen LogP contribution in [0.1, 0.15) is 29.9 Å². The lowest BCUT2D eigenvalue weighted by atomic mass is 9.97. The summed E-state index contributed by atoms with van der Waals surface area (Å²) in [5.74, 6) is -0.00273. The summed E-state index contributed by atoms with van der Waals surface area (Å²) in [6.45, 7) is 5.73. The predicted molar refractivity (Wildman–Crippen MR) is 105 cm³/mol. The van der Waals surface area contributed by atoms with Crippen LogP contribution in [0.5, 0.6) is 0 Å². The second kappa shape index (κ2) is 7.73. The Kier molecular flexibility index (Phi) is 5.73. The van der Waals surface area contributed by atoms with Crippen molar-refractivity contribution in [2.24, 2.45) is 5.92 Å². The normalized spacial score (nSPS) is 16.4. The number of aromatic nitrogens is 1. The monoisotopic (exact) mass is 455 g/mol. The molecule has 2 heterocycles. The zero-order valence-corrected chi connectivity index (χ0v) is 17.9. The number of piperidine rings is 1. The number of amides is 1. The van der Waals surface area contributed by atoms with Gasteiger partial charge in [0.05, 0.1) is 0 Å². The Labute approximate surface area is 167 Å². The molecule has 0 bridgehead atoms. The summed E-state index contributed by atoms with van der Waals surface area (Å²) in [5, 5.41) is 6.69. The molecule has 0 unspecified atom stereocenters. The maximum atomic E-state index is 12.9. The lowest BCUT2D eigenvalue weighted by molar-refractivity contribution is -0.120. The summed E-state index contributed by atoms with van der Waals surface area (Å²) in [4.78, 5) is 12.7. The fourth-order valence-electron chi connectivity index (χ4n) is 3.33. The number of nitrogens with one attached hydrogen (secondary N) is 1. The molecule has 1 aromatic carbocycles. The van der Waals surface area contributed by atoms with Crippen LogP contribution in [0.2, 0.25) is 0 Å². The minimum absolute atomic E-state index is 0.0743. The summed E-state index contributed by atoms with van der Waals surface area (Å²) in [5.41, 5.74) is 2.10. The fourth-order valence-corrected chi connectivity index (χ4v) is 5.57. The van der Waals surface area contributed by atoms with Crippen molar-refractivity contribution in [3.05, 3.63) is 39.7 Å². The lowest BCUT2D eigenvalue weighted by Crippen LogP contribution is -2.41. The van der Waals surface area contributed by atoms with E-state index in [9.17, 15) is 13.2 Å². The van der Waals surface area contributed by atoms with Crippen molar-refractivity contribution < 1.29 is 17.7 Å². The molecule has 1 aliphatic heterocycles. The van der Waals surface area contributed by atoms with Gasteiger partial charge in [0.2, 0.25) is 15.9 Å². The third-order valence-electron chi connectivity index (χ3n) is 4.84. The van der Waals surface area contributed by atoms with Crippen LogP contribution in [0, 0.1) is 26.7 Å². The average molecular weight is 456 g/mol. The highest BCUT2D eigenvalue weighted by Gasteiger charge is 2.35. The molecule has 27 heavy (non-hydrogen) atoms. The number of sulfonamides is 1. The highest BCUT2D eigenvalue weighted by Crippen LogP contribution is 2.28. The largest absolute Gasteiger partial charge is 0.360 e. The van der Waals surface area contributed by atoms with Crippen LogP contribution < -0.4 is 5.32 Å². The van der Waals surface area contributed by atoms with Crippen molar-refractivity contribution in [1.82, 2.24) is 9.46 Å². The third-order valence-corrected chi connectivity index (χ3v) is 7.47. The Balaban J connectivity index is 1.65. The molecule has 146 valence electrons. The Morgan fingerprint density at radius 2 is 1.93 bits per heavy atom. The highest BCUT2D eigenvalue weighted by molar-refractivity contribution is 9.10. The van der Waals surface area contributed by atoms with Crippen LogP contribution in [-0.2, 0) is 14.8 Å². The lowest BCUT2D eigenvalue weighted by Gasteiger charge is -2.30. The first-order valence-electron chi connectivity index (χ1n) is 8.70. The van der Waals surface area contributed by atoms with Gasteiger partial charge in [0.25, 0.3) is 0 Å². The van der Waals surface area contributed by atoms with E-state index in [1.165, 1.54) is 4.31 Å². The molecule has 1 saturated heterocycles. The number of anilines is 1. The van der Waals surface area contributed by atoms with Crippen LogP contribution in [0.15, 0.2) is 32.1 Å². The number of carbonyl (C=O) groups is 1. The summed E-state index contributed by atoms with van der Waals surface area (Å²) in [6.07, 6.45) is 0.952. The Morgan fingerprint density at radius 3 is 2.48 bits per heavy atom. The van der Waals surface area contributed by atoms with Gasteiger partial charge in [0.1, 0.15) is 10.6 Å². The number of hydrogen-bond acceptors (Lipinski definition) is 5. The van der Waals surface area contributed by atoms with Gasteiger partial charge in [-0.05, 0) is 57.4 Å². The van der Waals surface area contributed by atoms with E-state index in [0.717, 1.165) is 15.7 Å². The molecule has 0 radical (unpaired) electrons. The average Bonchev–Trinajstić information content (AvgIpc) is 2.96. The van der Waals surface area contributed by atoms with Crippen molar-refractivity contribution in [3.63, 3.8) is 0 Å². The number of rotatable bonds is 4. The van der Waals surface area contributed by atoms with E-state index in [4.69, 9.17) is 4.52 Å². The van der Waals surface area contributed by atoms with Crippen molar-refractivity contribution >= 4 is 37.5 Å². The number of halogens is 1. The highest BCUT2D eigenvalue weighted by atomic mass is 79.9. The molecule has 2 aromatic rings. The molecular formula is C18H22BrN3O4S. The molecular weight excluding hydrogens is 434 g/mol. The van der Waals surface area contributed by atoms with Crippen molar-refractivity contribution in [3.8, 4) is 0 Å². The molecule has 7 nitrogen and oxygen atoms in total. The van der Waals surface area contributed by atoms with Crippen LogP contribution in [0.25, 0.3) is 0 Å². The zero-order chi connectivity index (χ0) is 19.8. The summed E-state index contributed by atoms with van der Waals surface area (Å²) in [6, 6.07) is 5.67. The second-order valence-electron chi connectivity index (χ2n) is 6.78. The molecule has 0 aliphatic carbocycles. The predicted octanol–water partition coefficient (Wildman–Crippen LogP) is 3.40. The molecule has 1 N–H and O–H groups in total. The zero-order valence-electron chi connectivity index (χ0n) is 15.5. The van der Waals surface area contributed by atoms with Crippen LogP contribution >= 0.6 is 15.9 Å². The van der Waals surface area contributed by atoms with Crippen LogP contribution in [-0.4, -0.2) is 36.9 Å². The van der Waals surface area contributed by atoms with E-state index in [1.54, 1.807) is 13.8 Å². The minimum Gasteiger partial charge on any atom is -0.360 e. The van der Waals surface area contributed by atoms with Crippen molar-refractivity contribution in [2.45, 2.75) is 38.5 Å². The Bertz CT molecular complexity index is 943. The molecule has 0 spiro atoms. The summed E-state index contributed by atoms with van der Waals surface area (Å²) < 4.78 is 33.1. The first-order valence-corrected chi connectivity index (χ1v) is 10.9. The third kappa shape index (κ3) is 4.09. The van der Waals surface area contributed by atoms with Gasteiger partial charge < -0.3 is 9.84 Å². The fraction of sp³-hybridized carbons (Fsp3) is 0.444. The van der Waals surface area contributed by atoms with Gasteiger partial charge in [-0.25, -0.2) is 8.42 Å². The molecule has 1 aromatic heterocycles. The summed E-state index contributed by atoms with van der Waals surface area (Å²) in [7, 11) is -3.66. The van der Waals surface area contributed by atoms with Crippen molar-refractivity contribution in [2.75, 3.05) is 18.4 Å². The first-order chi connectivity index (χ1) is 12.7. The van der Waals surface area contributed by atoms with Gasteiger partial charge in [-0.1, -0.05) is 21.1 Å². The summed E-state index contributed by atoms with van der Waals surface area (Å²) >= 11 is 3.40. The quantitative estimate of drug-likeness (QED) is 0.762. The van der Waals surface area contributed by atoms with E-state index < -0.39 is 10.0 Å². The Hall–Kier alpha value is -1.71. The number of aryl methyl sites for hydroxylation is 3. The number of benzene rings is 1. The van der Waals surface area contributed by atoms with E-state index in [-0.39, 0.29) is 22.5 Å². The van der Waals surface area contributed by atoms with Gasteiger partial charge >= 0.3 is 0 Å². The van der Waals surface area contributed by atoms with E-state index in [1.807, 2.05) is 25.1 Å². The number of carbonyl (C=O) groups excluding carboxylic acids is 1. The maximum absolute atomic E-state index is 12.9. The van der Waals surface area contributed by atoms with Crippen molar-refractivity contribution in [1.29, 1.82) is 0 Å². The van der Waals surface area contributed by atoms with Gasteiger partial charge in [0, 0.05) is 29.2 Å². The smallest absolute Gasteiger partial charge is 0.248 e. The molecule has 0 saturated carbocycles. The molecule has 3 rings (SSSR count). The van der Waals surface area contributed by atoms with Gasteiger partial charge in [-0.2, -0.15) is 4.31 Å². The Morgan fingerprint density at radius 1 is 1.26 bits per heavy atom. The van der Waals surface area contributed by atoms with Crippen LogP contribution in [0.3, 0.4) is 0 Å². The van der Waals surface area contributed by atoms with E-state index >= 15 is 0 Å². The minimum atomic E-state index is -3.66. The first kappa shape index (κ1) is 20.0. The maximum Gasteiger partial charge on any atom is 0.248 e. The van der Waals surface area contributed by atoms with Gasteiger partial charge in [-0.15, -0.1) is 0 Å². The molecule has 1 aliphatic rings. The van der Waals surface area contributed by atoms with Crippen LogP contribution in [0.4, 0.5) is 5.69 Å². The standard InChI is InChI=1S/C18H22BrN3O4S/c1-11-10-15(19)4-5-16(11)20-18(23)14-6-8-22(9-7-14)27(24,25)17-12(2)21-26-13(17)3/h4-5,10,14H,6-9H2,1-3H3,(H,20,23). The van der Waals surface area contributed by atoms with E-state index in [0.29, 0.717) is 31.6 Å². The number of nitrogens with zero attached hydrogens (tertiary/aromatic N) is 2. The molecule has 1 amide bonds. The van der Waals surface area contributed by atoms with Gasteiger partial charge in [-0.3, -0.25) is 4.79 Å². The molecule has 0 atom stereocenters. The van der Waals surface area contributed by atoms with Gasteiger partial charge in [0.15, 0.2) is 5.76 Å². The van der Waals surface area contributed by atoms with E-state index in [2.05, 4.69) is 26.4 Å². The second-order valence-corrected chi connectivity index (χ2v) is 9.57.